The molecule has 0 aliphatic carbocycles. The van der Waals surface area contributed by atoms with Crippen LogP contribution in [0.2, 0.25) is 0 Å². The number of hydrogen-bond donors (Lipinski definition) is 1. The normalized spacial score (nSPS) is 11.2. The zero-order chi connectivity index (χ0) is 20.7. The molecule has 8 nitrogen and oxygen atoms in total. The van der Waals surface area contributed by atoms with Gasteiger partial charge in [0.2, 0.25) is 15.9 Å². The van der Waals surface area contributed by atoms with Gasteiger partial charge in [0.05, 0.1) is 37.8 Å². The minimum atomic E-state index is -3.63. The highest BCUT2D eigenvalue weighted by Gasteiger charge is 2.20. The fourth-order valence-electron chi connectivity index (χ4n) is 2.36. The van der Waals surface area contributed by atoms with Crippen LogP contribution < -0.4 is 19.5 Å². The first-order valence-corrected chi connectivity index (χ1v) is 9.90. The smallest absolute Gasteiger partial charge is 0.242 e. The summed E-state index contributed by atoms with van der Waals surface area (Å²) in [4.78, 5) is 12.3. The number of carbonyl (C=O) groups excluding carboxylic acids is 1. The lowest BCUT2D eigenvalue weighted by atomic mass is 10.2. The molecule has 1 amide bonds. The van der Waals surface area contributed by atoms with Gasteiger partial charge in [-0.15, -0.1) is 0 Å². The number of nitrogens with zero attached hydrogens (tertiary/aromatic N) is 1. The Balaban J connectivity index is 2.06. The standard InChI is InChI=1S/C19H24N2O6S/c1-21(2)28(23,24)14-9-10-16(25-3)15(13-14)20-19(22)11-12-27-18-8-6-5-7-17(18)26-4/h5-10,13H,11-12H2,1-4H3,(H,20,22). The van der Waals surface area contributed by atoms with Crippen LogP contribution in [0.3, 0.4) is 0 Å². The second-order valence-corrected chi connectivity index (χ2v) is 8.10. The van der Waals surface area contributed by atoms with Crippen molar-refractivity contribution in [1.29, 1.82) is 0 Å². The lowest BCUT2D eigenvalue weighted by Gasteiger charge is -2.15. The van der Waals surface area contributed by atoms with Gasteiger partial charge in [0.15, 0.2) is 11.5 Å². The molecule has 0 aliphatic heterocycles. The van der Waals surface area contributed by atoms with E-state index in [2.05, 4.69) is 5.32 Å². The molecule has 9 heteroatoms. The van der Waals surface area contributed by atoms with Crippen molar-refractivity contribution in [2.24, 2.45) is 0 Å². The number of methoxy groups -OCH3 is 2. The third-order valence-corrected chi connectivity index (χ3v) is 5.69. The number of sulfonamides is 1. The lowest BCUT2D eigenvalue weighted by molar-refractivity contribution is -0.116. The fourth-order valence-corrected chi connectivity index (χ4v) is 3.29. The highest BCUT2D eigenvalue weighted by Crippen LogP contribution is 2.29. The van der Waals surface area contributed by atoms with Crippen molar-refractivity contribution in [2.75, 3.05) is 40.2 Å². The fraction of sp³-hybridized carbons (Fsp3) is 0.316. The molecule has 0 unspecified atom stereocenters. The Labute approximate surface area is 165 Å². The Morgan fingerprint density at radius 1 is 1.00 bits per heavy atom. The predicted molar refractivity (Wildman–Crippen MR) is 106 cm³/mol. The van der Waals surface area contributed by atoms with Gasteiger partial charge in [0.25, 0.3) is 0 Å². The number of nitrogens with one attached hydrogen (secondary N) is 1. The highest BCUT2D eigenvalue weighted by molar-refractivity contribution is 7.89. The molecule has 2 aromatic carbocycles. The predicted octanol–water partition coefficient (Wildman–Crippen LogP) is 2.36. The number of rotatable bonds is 9. The molecule has 0 aliphatic rings. The monoisotopic (exact) mass is 408 g/mol. The molecule has 2 aromatic rings. The van der Waals surface area contributed by atoms with Gasteiger partial charge in [-0.2, -0.15) is 0 Å². The summed E-state index contributed by atoms with van der Waals surface area (Å²) in [5.41, 5.74) is 0.271. The second-order valence-electron chi connectivity index (χ2n) is 5.95. The molecule has 1 N–H and O–H groups in total. The molecule has 0 aromatic heterocycles. The first-order valence-electron chi connectivity index (χ1n) is 8.46. The first kappa shape index (κ1) is 21.5. The van der Waals surface area contributed by atoms with Gasteiger partial charge in [-0.1, -0.05) is 12.1 Å². The molecule has 0 saturated heterocycles. The number of para-hydroxylation sites is 2. The maximum Gasteiger partial charge on any atom is 0.242 e. The van der Waals surface area contributed by atoms with Gasteiger partial charge in [0, 0.05) is 14.1 Å². The van der Waals surface area contributed by atoms with E-state index in [0.29, 0.717) is 17.2 Å². The number of amides is 1. The van der Waals surface area contributed by atoms with Crippen molar-refractivity contribution >= 4 is 21.6 Å². The van der Waals surface area contributed by atoms with Crippen LogP contribution in [0.5, 0.6) is 17.2 Å². The van der Waals surface area contributed by atoms with Gasteiger partial charge in [-0.05, 0) is 30.3 Å². The summed E-state index contributed by atoms with van der Waals surface area (Å²) in [6.07, 6.45) is 0.0614. The maximum absolute atomic E-state index is 12.3. The van der Waals surface area contributed by atoms with Crippen LogP contribution in [0.15, 0.2) is 47.4 Å². The van der Waals surface area contributed by atoms with E-state index in [1.165, 1.54) is 46.5 Å². The van der Waals surface area contributed by atoms with E-state index in [4.69, 9.17) is 14.2 Å². The Morgan fingerprint density at radius 2 is 1.64 bits per heavy atom. The third-order valence-electron chi connectivity index (χ3n) is 3.88. The van der Waals surface area contributed by atoms with E-state index in [1.54, 1.807) is 18.2 Å². The van der Waals surface area contributed by atoms with Gasteiger partial charge in [-0.3, -0.25) is 4.79 Å². The van der Waals surface area contributed by atoms with E-state index in [9.17, 15) is 13.2 Å². The molecule has 0 spiro atoms. The molecule has 0 bridgehead atoms. The Kier molecular flexibility index (Phi) is 7.24. The molecule has 0 radical (unpaired) electrons. The molecular weight excluding hydrogens is 384 g/mol. The van der Waals surface area contributed by atoms with Crippen molar-refractivity contribution < 1.29 is 27.4 Å². The highest BCUT2D eigenvalue weighted by atomic mass is 32.2. The van der Waals surface area contributed by atoms with Gasteiger partial charge >= 0.3 is 0 Å². The first-order chi connectivity index (χ1) is 13.3. The molecule has 0 fully saturated rings. The number of anilines is 1. The van der Waals surface area contributed by atoms with Crippen LogP contribution in [0.1, 0.15) is 6.42 Å². The van der Waals surface area contributed by atoms with Crippen LogP contribution in [0.25, 0.3) is 0 Å². The van der Waals surface area contributed by atoms with Crippen LogP contribution >= 0.6 is 0 Å². The molecule has 0 heterocycles. The molecule has 0 atom stereocenters. The van der Waals surface area contributed by atoms with Crippen molar-refractivity contribution in [3.63, 3.8) is 0 Å². The maximum atomic E-state index is 12.3. The van der Waals surface area contributed by atoms with E-state index >= 15 is 0 Å². The van der Waals surface area contributed by atoms with Gasteiger partial charge in [-0.25, -0.2) is 12.7 Å². The molecule has 2 rings (SSSR count). The van der Waals surface area contributed by atoms with Crippen molar-refractivity contribution in [3.8, 4) is 17.2 Å². The zero-order valence-electron chi connectivity index (χ0n) is 16.3. The Bertz CT molecular complexity index is 928. The summed E-state index contributed by atoms with van der Waals surface area (Å²) in [5.74, 6) is 1.13. The van der Waals surface area contributed by atoms with Crippen LogP contribution in [-0.2, 0) is 14.8 Å². The van der Waals surface area contributed by atoms with Crippen molar-refractivity contribution in [1.82, 2.24) is 4.31 Å². The zero-order valence-corrected chi connectivity index (χ0v) is 17.1. The van der Waals surface area contributed by atoms with Crippen LogP contribution in [0, 0.1) is 0 Å². The third kappa shape index (κ3) is 5.14. The SMILES string of the molecule is COc1ccc(S(=O)(=O)N(C)C)cc1NC(=O)CCOc1ccccc1OC. The summed E-state index contributed by atoms with van der Waals surface area (Å²) in [6.45, 7) is 0.129. The Morgan fingerprint density at radius 3 is 2.25 bits per heavy atom. The number of benzene rings is 2. The van der Waals surface area contributed by atoms with Crippen molar-refractivity contribution in [2.45, 2.75) is 11.3 Å². The molecule has 28 heavy (non-hydrogen) atoms. The minimum absolute atomic E-state index is 0.0545. The minimum Gasteiger partial charge on any atom is -0.495 e. The second kappa shape index (κ2) is 9.43. The number of hydrogen-bond acceptors (Lipinski definition) is 6. The Hall–Kier alpha value is -2.78. The van der Waals surface area contributed by atoms with Crippen molar-refractivity contribution in [3.05, 3.63) is 42.5 Å². The van der Waals surface area contributed by atoms with E-state index < -0.39 is 10.0 Å². The van der Waals surface area contributed by atoms with E-state index in [-0.39, 0.29) is 29.5 Å². The van der Waals surface area contributed by atoms with Crippen LogP contribution in [-0.4, -0.2) is 53.6 Å². The summed E-state index contributed by atoms with van der Waals surface area (Å²) in [7, 11) is 2.22. The van der Waals surface area contributed by atoms with E-state index in [0.717, 1.165) is 4.31 Å². The topological polar surface area (TPSA) is 94.2 Å². The number of carbonyl (C=O) groups is 1. The van der Waals surface area contributed by atoms with Gasteiger partial charge < -0.3 is 19.5 Å². The van der Waals surface area contributed by atoms with Gasteiger partial charge in [0.1, 0.15) is 5.75 Å². The molecule has 0 saturated carbocycles. The number of ether oxygens (including phenoxy) is 3. The molecule has 152 valence electrons. The summed E-state index contributed by atoms with van der Waals surface area (Å²) >= 11 is 0. The summed E-state index contributed by atoms with van der Waals surface area (Å²) in [5, 5.41) is 2.67. The molecular formula is C19H24N2O6S. The van der Waals surface area contributed by atoms with E-state index in [1.807, 2.05) is 6.07 Å². The lowest BCUT2D eigenvalue weighted by Crippen LogP contribution is -2.22. The average Bonchev–Trinajstić information content (AvgIpc) is 2.68. The van der Waals surface area contributed by atoms with Crippen LogP contribution in [0.4, 0.5) is 5.69 Å². The quantitative estimate of drug-likeness (QED) is 0.685. The summed E-state index contributed by atoms with van der Waals surface area (Å²) < 4.78 is 41.7. The largest absolute Gasteiger partial charge is 0.495 e. The summed E-state index contributed by atoms with van der Waals surface area (Å²) in [6, 6.07) is 11.4. The average molecular weight is 408 g/mol.